The lowest BCUT2D eigenvalue weighted by molar-refractivity contribution is 0.669. The molecule has 0 atom stereocenters. The zero-order chi connectivity index (χ0) is 26.3. The third kappa shape index (κ3) is 4.10. The number of para-hydroxylation sites is 2. The molecule has 3 aromatic heterocycles. The Balaban J connectivity index is 1.40. The van der Waals surface area contributed by atoms with Gasteiger partial charge in [0.15, 0.2) is 11.6 Å². The molecule has 7 rings (SSSR count). The number of nitrogens with zero attached hydrogens (tertiary/aromatic N) is 6. The van der Waals surface area contributed by atoms with E-state index in [4.69, 9.17) is 14.6 Å². The summed E-state index contributed by atoms with van der Waals surface area (Å²) in [6.45, 7) is 0. The van der Waals surface area contributed by atoms with E-state index in [2.05, 4.69) is 58.3 Å². The largest absolute Gasteiger partial charge is 0.456 e. The maximum Gasteiger partial charge on any atom is 0.159 e. The van der Waals surface area contributed by atoms with Crippen molar-refractivity contribution in [2.45, 2.75) is 0 Å². The van der Waals surface area contributed by atoms with Crippen LogP contribution in [-0.4, -0.2) is 19.6 Å². The first-order chi connectivity index (χ1) is 19.1. The van der Waals surface area contributed by atoms with Crippen molar-refractivity contribution in [3.8, 4) is 0 Å². The molecule has 0 aliphatic rings. The first-order valence-electron chi connectivity index (χ1n) is 12.8. The fourth-order valence-electron chi connectivity index (χ4n) is 5.06. The van der Waals surface area contributed by atoms with Crippen LogP contribution in [0.1, 0.15) is 0 Å². The lowest BCUT2D eigenvalue weighted by Crippen LogP contribution is -2.11. The Hall–Kier alpha value is -5.30. The summed E-state index contributed by atoms with van der Waals surface area (Å²) >= 11 is 0. The van der Waals surface area contributed by atoms with Crippen molar-refractivity contribution in [1.82, 2.24) is 19.6 Å². The number of aromatic nitrogens is 4. The molecule has 0 N–H and O–H groups in total. The third-order valence-corrected chi connectivity index (χ3v) is 6.84. The molecule has 0 amide bonds. The Morgan fingerprint density at radius 1 is 0.513 bits per heavy atom. The molecule has 39 heavy (non-hydrogen) atoms. The van der Waals surface area contributed by atoms with E-state index in [0.29, 0.717) is 0 Å². The number of fused-ring (bicyclic) bond motifs is 3. The minimum atomic E-state index is 0.837. The highest BCUT2D eigenvalue weighted by molar-refractivity contribution is 6.08. The monoisotopic (exact) mass is 510 g/mol. The van der Waals surface area contributed by atoms with Crippen LogP contribution in [0.4, 0.5) is 34.4 Å². The third-order valence-electron chi connectivity index (χ3n) is 6.84. The van der Waals surface area contributed by atoms with E-state index in [-0.39, 0.29) is 0 Å². The molecule has 3 heterocycles. The molecule has 0 unspecified atom stereocenters. The number of benzene rings is 4. The van der Waals surface area contributed by atoms with E-state index >= 15 is 0 Å². The summed E-state index contributed by atoms with van der Waals surface area (Å²) in [6.07, 6.45) is 3.91. The van der Waals surface area contributed by atoms with Crippen molar-refractivity contribution < 1.29 is 4.42 Å². The van der Waals surface area contributed by atoms with Crippen molar-refractivity contribution in [2.24, 2.45) is 14.1 Å². The molecule has 0 aliphatic carbocycles. The molecule has 0 saturated heterocycles. The van der Waals surface area contributed by atoms with Gasteiger partial charge in [0.05, 0.1) is 0 Å². The molecule has 0 saturated carbocycles. The Morgan fingerprint density at radius 2 is 0.949 bits per heavy atom. The highest BCUT2D eigenvalue weighted by atomic mass is 16.3. The van der Waals surface area contributed by atoms with E-state index in [1.54, 1.807) is 0 Å². The standard InChI is InChI=1S/C32H26N6O/c1-35-19-17-31(33-35)37(23-9-5-3-6-10-23)25-13-15-29-27(21-25)28-22-26(14-16-30(28)39-29)38(24-11-7-4-8-12-24)32-18-20-36(2)34-32/h3-22H,1-2H3. The summed E-state index contributed by atoms with van der Waals surface area (Å²) in [5, 5.41) is 11.5. The Morgan fingerprint density at radius 3 is 1.33 bits per heavy atom. The first-order valence-corrected chi connectivity index (χ1v) is 12.8. The zero-order valence-corrected chi connectivity index (χ0v) is 21.6. The van der Waals surface area contributed by atoms with Gasteiger partial charge in [-0.05, 0) is 60.7 Å². The maximum absolute atomic E-state index is 6.28. The molecule has 0 spiro atoms. The minimum absolute atomic E-state index is 0.837. The number of hydrogen-bond acceptors (Lipinski definition) is 5. The molecular formula is C32H26N6O. The number of furan rings is 1. The topological polar surface area (TPSA) is 55.3 Å². The second-order valence-corrected chi connectivity index (χ2v) is 9.50. The predicted octanol–water partition coefficient (Wildman–Crippen LogP) is 7.99. The molecule has 0 bridgehead atoms. The fraction of sp³-hybridized carbons (Fsp3) is 0.0625. The summed E-state index contributed by atoms with van der Waals surface area (Å²) in [5.41, 5.74) is 5.76. The van der Waals surface area contributed by atoms with Gasteiger partial charge in [-0.15, -0.1) is 0 Å². The second-order valence-electron chi connectivity index (χ2n) is 9.50. The summed E-state index contributed by atoms with van der Waals surface area (Å²) < 4.78 is 9.91. The number of hydrogen-bond donors (Lipinski definition) is 0. The normalized spacial score (nSPS) is 11.3. The van der Waals surface area contributed by atoms with Crippen molar-refractivity contribution in [1.29, 1.82) is 0 Å². The molecule has 0 fully saturated rings. The average molecular weight is 511 g/mol. The van der Waals surface area contributed by atoms with Gasteiger partial charge in [0.1, 0.15) is 11.2 Å². The van der Waals surface area contributed by atoms with Crippen LogP contribution in [0.15, 0.2) is 126 Å². The van der Waals surface area contributed by atoms with Crippen molar-refractivity contribution >= 4 is 56.3 Å². The molecule has 7 heteroatoms. The number of aryl methyl sites for hydroxylation is 2. The van der Waals surface area contributed by atoms with E-state index < -0.39 is 0 Å². The van der Waals surface area contributed by atoms with Gasteiger partial charge >= 0.3 is 0 Å². The van der Waals surface area contributed by atoms with Gasteiger partial charge in [0, 0.05) is 72.1 Å². The highest BCUT2D eigenvalue weighted by Gasteiger charge is 2.19. The first kappa shape index (κ1) is 22.9. The van der Waals surface area contributed by atoms with Gasteiger partial charge in [0.2, 0.25) is 0 Å². The van der Waals surface area contributed by atoms with Gasteiger partial charge < -0.3 is 4.42 Å². The summed E-state index contributed by atoms with van der Waals surface area (Å²) in [7, 11) is 3.86. The Kier molecular flexibility index (Phi) is 5.41. The maximum atomic E-state index is 6.28. The fourth-order valence-corrected chi connectivity index (χ4v) is 5.06. The number of rotatable bonds is 6. The van der Waals surface area contributed by atoms with Gasteiger partial charge in [0.25, 0.3) is 0 Å². The van der Waals surface area contributed by atoms with Gasteiger partial charge in [-0.25, -0.2) is 0 Å². The molecule has 0 aliphatic heterocycles. The lowest BCUT2D eigenvalue weighted by atomic mass is 10.1. The summed E-state index contributed by atoms with van der Waals surface area (Å²) in [6, 6.07) is 37.2. The van der Waals surface area contributed by atoms with Gasteiger partial charge in [-0.3, -0.25) is 19.2 Å². The van der Waals surface area contributed by atoms with Crippen LogP contribution >= 0.6 is 0 Å². The predicted molar refractivity (Wildman–Crippen MR) is 157 cm³/mol. The SMILES string of the molecule is Cn1ccc(N(c2ccccc2)c2ccc3oc4ccc(N(c5ccccc5)c5ccn(C)n5)cc4c3c2)n1. The van der Waals surface area contributed by atoms with Crippen molar-refractivity contribution in [3.05, 3.63) is 122 Å². The van der Waals surface area contributed by atoms with E-state index in [1.165, 1.54) is 0 Å². The quantitative estimate of drug-likeness (QED) is 0.227. The van der Waals surface area contributed by atoms with E-state index in [0.717, 1.165) is 56.3 Å². The van der Waals surface area contributed by atoms with Crippen molar-refractivity contribution in [2.75, 3.05) is 9.80 Å². The zero-order valence-electron chi connectivity index (χ0n) is 21.6. The average Bonchev–Trinajstić information content (AvgIpc) is 3.69. The molecule has 7 aromatic rings. The molecule has 0 radical (unpaired) electrons. The summed E-state index contributed by atoms with van der Waals surface area (Å²) in [5.74, 6) is 1.70. The van der Waals surface area contributed by atoms with Crippen LogP contribution in [0, 0.1) is 0 Å². The molecule has 4 aromatic carbocycles. The van der Waals surface area contributed by atoms with Gasteiger partial charge in [-0.2, -0.15) is 10.2 Å². The van der Waals surface area contributed by atoms with E-state index in [1.807, 2.05) is 96.5 Å². The Labute approximate surface area is 225 Å². The van der Waals surface area contributed by atoms with Crippen LogP contribution < -0.4 is 9.80 Å². The molecular weight excluding hydrogens is 484 g/mol. The smallest absolute Gasteiger partial charge is 0.159 e. The van der Waals surface area contributed by atoms with Crippen LogP contribution in [0.25, 0.3) is 21.9 Å². The minimum Gasteiger partial charge on any atom is -0.456 e. The lowest BCUT2D eigenvalue weighted by Gasteiger charge is -2.23. The Bertz CT molecular complexity index is 1760. The van der Waals surface area contributed by atoms with E-state index in [9.17, 15) is 0 Å². The summed E-state index contributed by atoms with van der Waals surface area (Å²) in [4.78, 5) is 4.32. The van der Waals surface area contributed by atoms with Crippen LogP contribution in [-0.2, 0) is 14.1 Å². The van der Waals surface area contributed by atoms with Crippen LogP contribution in [0.2, 0.25) is 0 Å². The highest BCUT2D eigenvalue weighted by Crippen LogP contribution is 2.40. The van der Waals surface area contributed by atoms with Crippen molar-refractivity contribution in [3.63, 3.8) is 0 Å². The van der Waals surface area contributed by atoms with Gasteiger partial charge in [-0.1, -0.05) is 36.4 Å². The molecule has 7 nitrogen and oxygen atoms in total. The van der Waals surface area contributed by atoms with Crippen LogP contribution in [0.5, 0.6) is 0 Å². The van der Waals surface area contributed by atoms with Crippen LogP contribution in [0.3, 0.4) is 0 Å². The molecule has 190 valence electrons. The number of anilines is 6. The second kappa shape index (κ2) is 9.22.